The number of halogens is 1. The molecule has 1 unspecified atom stereocenters. The van der Waals surface area contributed by atoms with E-state index >= 15 is 0 Å². The molecule has 1 aliphatic rings. The molecule has 0 saturated heterocycles. The molecule has 1 aliphatic heterocycles. The molecule has 2 aromatic rings. The fourth-order valence-corrected chi connectivity index (χ4v) is 3.10. The smallest absolute Gasteiger partial charge is 0.258 e. The fourth-order valence-electron chi connectivity index (χ4n) is 2.44. The van der Waals surface area contributed by atoms with Crippen molar-refractivity contribution in [2.24, 2.45) is 0 Å². The van der Waals surface area contributed by atoms with Crippen LogP contribution in [0.1, 0.15) is 18.5 Å². The second kappa shape index (κ2) is 7.57. The minimum Gasteiger partial charge on any atom is -0.486 e. The van der Waals surface area contributed by atoms with Gasteiger partial charge >= 0.3 is 0 Å². The maximum absolute atomic E-state index is 12.1. The maximum atomic E-state index is 12.1. The molecule has 3 rings (SSSR count). The van der Waals surface area contributed by atoms with Gasteiger partial charge in [0.25, 0.3) is 5.91 Å². The van der Waals surface area contributed by atoms with Crippen molar-refractivity contribution >= 4 is 21.8 Å². The van der Waals surface area contributed by atoms with E-state index < -0.39 is 0 Å². The lowest BCUT2D eigenvalue weighted by molar-refractivity contribution is -0.123. The monoisotopic (exact) mass is 391 g/mol. The van der Waals surface area contributed by atoms with E-state index in [-0.39, 0.29) is 18.6 Å². The Morgan fingerprint density at radius 3 is 2.58 bits per heavy atom. The lowest BCUT2D eigenvalue weighted by Gasteiger charge is -2.22. The van der Waals surface area contributed by atoms with Gasteiger partial charge in [-0.15, -0.1) is 0 Å². The summed E-state index contributed by atoms with van der Waals surface area (Å²) >= 11 is 3.52. The van der Waals surface area contributed by atoms with E-state index in [1.165, 1.54) is 0 Å². The first-order valence-electron chi connectivity index (χ1n) is 7.70. The second-order valence-electron chi connectivity index (χ2n) is 5.41. The van der Waals surface area contributed by atoms with Gasteiger partial charge in [0.15, 0.2) is 18.1 Å². The summed E-state index contributed by atoms with van der Waals surface area (Å²) in [6.07, 6.45) is 0. The summed E-state index contributed by atoms with van der Waals surface area (Å²) in [7, 11) is 0. The predicted octanol–water partition coefficient (Wildman–Crippen LogP) is 3.48. The molecule has 0 aliphatic carbocycles. The number of hydrogen-bond acceptors (Lipinski definition) is 4. The Hall–Kier alpha value is -2.21. The van der Waals surface area contributed by atoms with Gasteiger partial charge in [-0.05, 0) is 36.8 Å². The van der Waals surface area contributed by atoms with Crippen molar-refractivity contribution in [3.05, 3.63) is 52.5 Å². The number of nitrogens with one attached hydrogen (secondary N) is 1. The van der Waals surface area contributed by atoms with Gasteiger partial charge < -0.3 is 19.5 Å². The van der Waals surface area contributed by atoms with Crippen LogP contribution in [0.2, 0.25) is 0 Å². The summed E-state index contributed by atoms with van der Waals surface area (Å²) < 4.78 is 17.5. The first-order valence-corrected chi connectivity index (χ1v) is 8.49. The zero-order valence-electron chi connectivity index (χ0n) is 13.3. The average molecular weight is 392 g/mol. The number of carbonyl (C=O) groups is 1. The van der Waals surface area contributed by atoms with Crippen molar-refractivity contribution in [3.63, 3.8) is 0 Å². The molecule has 0 fully saturated rings. The van der Waals surface area contributed by atoms with Gasteiger partial charge in [0.1, 0.15) is 19.0 Å². The molecule has 0 saturated carbocycles. The third-order valence-corrected chi connectivity index (χ3v) is 4.31. The average Bonchev–Trinajstić information content (AvgIpc) is 2.60. The van der Waals surface area contributed by atoms with Crippen molar-refractivity contribution in [2.45, 2.75) is 13.0 Å². The van der Waals surface area contributed by atoms with Gasteiger partial charge in [0, 0.05) is 4.47 Å². The third kappa shape index (κ3) is 4.00. The molecule has 0 radical (unpaired) electrons. The third-order valence-electron chi connectivity index (χ3n) is 3.62. The number of rotatable bonds is 5. The number of hydrogen-bond donors (Lipinski definition) is 1. The van der Waals surface area contributed by atoms with Gasteiger partial charge in [-0.25, -0.2) is 0 Å². The van der Waals surface area contributed by atoms with Gasteiger partial charge in [0.2, 0.25) is 0 Å². The molecule has 1 atom stereocenters. The summed E-state index contributed by atoms with van der Waals surface area (Å²) in [6, 6.07) is 12.8. The minimum atomic E-state index is -0.193. The maximum Gasteiger partial charge on any atom is 0.258 e. The summed E-state index contributed by atoms with van der Waals surface area (Å²) in [5, 5.41) is 2.92. The molecule has 0 spiro atoms. The number of fused-ring (bicyclic) bond motifs is 1. The summed E-state index contributed by atoms with van der Waals surface area (Å²) in [6.45, 7) is 2.95. The van der Waals surface area contributed by atoms with Crippen LogP contribution >= 0.6 is 15.9 Å². The van der Waals surface area contributed by atoms with Gasteiger partial charge in [0.05, 0.1) is 6.04 Å². The second-order valence-corrected chi connectivity index (χ2v) is 6.26. The molecule has 126 valence electrons. The molecule has 5 nitrogen and oxygen atoms in total. The highest BCUT2D eigenvalue weighted by molar-refractivity contribution is 9.10. The fraction of sp³-hybridized carbons (Fsp3) is 0.278. The molecule has 1 heterocycles. The van der Waals surface area contributed by atoms with Crippen LogP contribution in [0.25, 0.3) is 0 Å². The van der Waals surface area contributed by atoms with E-state index in [0.29, 0.717) is 30.5 Å². The van der Waals surface area contributed by atoms with Gasteiger partial charge in [-0.3, -0.25) is 4.79 Å². The highest BCUT2D eigenvalue weighted by atomic mass is 79.9. The molecular weight excluding hydrogens is 374 g/mol. The number of ether oxygens (including phenoxy) is 3. The molecule has 1 amide bonds. The Morgan fingerprint density at radius 1 is 1.21 bits per heavy atom. The van der Waals surface area contributed by atoms with Crippen LogP contribution in [-0.4, -0.2) is 25.7 Å². The quantitative estimate of drug-likeness (QED) is 0.847. The number of carbonyl (C=O) groups excluding carboxylic acids is 1. The predicted molar refractivity (Wildman–Crippen MR) is 93.6 cm³/mol. The first-order chi connectivity index (χ1) is 11.6. The van der Waals surface area contributed by atoms with Crippen LogP contribution in [0, 0.1) is 0 Å². The van der Waals surface area contributed by atoms with Crippen LogP contribution < -0.4 is 19.5 Å². The van der Waals surface area contributed by atoms with E-state index in [1.54, 1.807) is 0 Å². The van der Waals surface area contributed by atoms with Gasteiger partial charge in [-0.1, -0.05) is 34.1 Å². The standard InChI is InChI=1S/C18H18BrNO4/c1-12(20-18(21)11-24-13-5-3-2-4-6-13)14-9-16-17(10-15(14)19)23-8-7-22-16/h2-6,9-10,12H,7-8,11H2,1H3,(H,20,21). The van der Waals surface area contributed by atoms with E-state index in [2.05, 4.69) is 21.2 Å². The topological polar surface area (TPSA) is 56.8 Å². The van der Waals surface area contributed by atoms with Crippen LogP contribution in [0.3, 0.4) is 0 Å². The Labute approximate surface area is 149 Å². The normalized spacial score (nSPS) is 13.9. The van der Waals surface area contributed by atoms with Crippen LogP contribution in [0.5, 0.6) is 17.2 Å². The van der Waals surface area contributed by atoms with Crippen molar-refractivity contribution in [1.82, 2.24) is 5.32 Å². The highest BCUT2D eigenvalue weighted by Crippen LogP contribution is 2.37. The number of para-hydroxylation sites is 1. The van der Waals surface area contributed by atoms with Crippen LogP contribution in [0.15, 0.2) is 46.9 Å². The Balaban J connectivity index is 1.62. The molecule has 24 heavy (non-hydrogen) atoms. The van der Waals surface area contributed by atoms with Crippen molar-refractivity contribution in [1.29, 1.82) is 0 Å². The summed E-state index contributed by atoms with van der Waals surface area (Å²) in [4.78, 5) is 12.1. The summed E-state index contributed by atoms with van der Waals surface area (Å²) in [5.41, 5.74) is 0.923. The lowest BCUT2D eigenvalue weighted by atomic mass is 10.1. The lowest BCUT2D eigenvalue weighted by Crippen LogP contribution is -2.31. The van der Waals surface area contributed by atoms with Crippen molar-refractivity contribution < 1.29 is 19.0 Å². The largest absolute Gasteiger partial charge is 0.486 e. The minimum absolute atomic E-state index is 0.0312. The molecular formula is C18H18BrNO4. The Bertz CT molecular complexity index is 720. The number of benzene rings is 2. The Morgan fingerprint density at radius 2 is 1.88 bits per heavy atom. The Kier molecular flexibility index (Phi) is 5.25. The zero-order valence-corrected chi connectivity index (χ0v) is 14.8. The van der Waals surface area contributed by atoms with Crippen LogP contribution in [0.4, 0.5) is 0 Å². The molecule has 0 aromatic heterocycles. The van der Waals surface area contributed by atoms with E-state index in [0.717, 1.165) is 10.0 Å². The molecule has 2 aromatic carbocycles. The SMILES string of the molecule is CC(NC(=O)COc1ccccc1)c1cc2c(cc1Br)OCCO2. The summed E-state index contributed by atoms with van der Waals surface area (Å²) in [5.74, 6) is 1.89. The molecule has 6 heteroatoms. The number of amides is 1. The molecule has 1 N–H and O–H groups in total. The zero-order chi connectivity index (χ0) is 16.9. The molecule has 0 bridgehead atoms. The van der Waals surface area contributed by atoms with Crippen LogP contribution in [-0.2, 0) is 4.79 Å². The first kappa shape index (κ1) is 16.6. The van der Waals surface area contributed by atoms with Crippen molar-refractivity contribution in [3.8, 4) is 17.2 Å². The van der Waals surface area contributed by atoms with E-state index in [9.17, 15) is 4.79 Å². The van der Waals surface area contributed by atoms with E-state index in [1.807, 2.05) is 49.4 Å². The highest BCUT2D eigenvalue weighted by Gasteiger charge is 2.19. The van der Waals surface area contributed by atoms with E-state index in [4.69, 9.17) is 14.2 Å². The van der Waals surface area contributed by atoms with Crippen molar-refractivity contribution in [2.75, 3.05) is 19.8 Å². The van der Waals surface area contributed by atoms with Gasteiger partial charge in [-0.2, -0.15) is 0 Å².